The van der Waals surface area contributed by atoms with Crippen molar-refractivity contribution in [2.45, 2.75) is 38.5 Å². The van der Waals surface area contributed by atoms with E-state index in [-0.39, 0.29) is 5.97 Å². The van der Waals surface area contributed by atoms with Crippen LogP contribution in [0.15, 0.2) is 98.3 Å². The van der Waals surface area contributed by atoms with E-state index in [0.29, 0.717) is 49.7 Å². The van der Waals surface area contributed by atoms with Gasteiger partial charge in [-0.05, 0) is 91.8 Å². The molecule has 8 nitrogen and oxygen atoms in total. The minimum atomic E-state index is -0.457. The Hall–Kier alpha value is -4.85. The Morgan fingerprint density at radius 1 is 0.619 bits per heavy atom. The first-order valence-electron chi connectivity index (χ1n) is 13.9. The molecule has 0 fully saturated rings. The third kappa shape index (κ3) is 11.3. The zero-order valence-electron chi connectivity index (χ0n) is 23.6. The zero-order chi connectivity index (χ0) is 30.0. The zero-order valence-corrected chi connectivity index (χ0v) is 23.6. The van der Waals surface area contributed by atoms with Gasteiger partial charge in [-0.25, -0.2) is 9.59 Å². The van der Waals surface area contributed by atoms with Crippen LogP contribution in [0, 0.1) is 0 Å². The fraction of sp³-hybridized carbons (Fsp3) is 0.265. The van der Waals surface area contributed by atoms with E-state index in [1.807, 2.05) is 36.4 Å². The Kier molecular flexibility index (Phi) is 13.4. The lowest BCUT2D eigenvalue weighted by Gasteiger charge is -2.09. The monoisotopic (exact) mass is 572 g/mol. The number of benzene rings is 3. The van der Waals surface area contributed by atoms with Crippen LogP contribution >= 0.6 is 0 Å². The summed E-state index contributed by atoms with van der Waals surface area (Å²) in [5, 5.41) is 0. The third-order valence-electron chi connectivity index (χ3n) is 6.07. The first-order valence-corrected chi connectivity index (χ1v) is 13.9. The topological polar surface area (TPSA) is 97.4 Å². The van der Waals surface area contributed by atoms with Crippen molar-refractivity contribution in [1.82, 2.24) is 0 Å². The summed E-state index contributed by atoms with van der Waals surface area (Å²) in [6, 6.07) is 21.8. The first-order chi connectivity index (χ1) is 20.5. The van der Waals surface area contributed by atoms with Crippen LogP contribution in [0.5, 0.6) is 17.2 Å². The van der Waals surface area contributed by atoms with Crippen LogP contribution in [0.4, 0.5) is 0 Å². The second-order valence-corrected chi connectivity index (χ2v) is 9.21. The van der Waals surface area contributed by atoms with Gasteiger partial charge in [-0.2, -0.15) is 0 Å². The van der Waals surface area contributed by atoms with Gasteiger partial charge in [0.05, 0.1) is 31.6 Å². The van der Waals surface area contributed by atoms with Crippen LogP contribution in [-0.2, 0) is 19.1 Å². The highest BCUT2D eigenvalue weighted by atomic mass is 16.5. The van der Waals surface area contributed by atoms with E-state index in [4.69, 9.17) is 18.9 Å². The van der Waals surface area contributed by atoms with Crippen molar-refractivity contribution in [3.8, 4) is 28.4 Å². The molecule has 0 saturated carbocycles. The molecule has 8 heteroatoms. The maximum Gasteiger partial charge on any atom is 0.343 e. The Labute approximate surface area is 246 Å². The molecule has 3 aromatic carbocycles. The number of hydrogen-bond donors (Lipinski definition) is 0. The molecule has 0 aliphatic rings. The smallest absolute Gasteiger partial charge is 0.343 e. The second-order valence-electron chi connectivity index (χ2n) is 9.21. The lowest BCUT2D eigenvalue weighted by atomic mass is 10.1. The summed E-state index contributed by atoms with van der Waals surface area (Å²) in [6.45, 7) is 8.10. The normalized spacial score (nSPS) is 10.3. The largest absolute Gasteiger partial charge is 0.494 e. The van der Waals surface area contributed by atoms with E-state index >= 15 is 0 Å². The van der Waals surface area contributed by atoms with Gasteiger partial charge in [0.25, 0.3) is 0 Å². The number of esters is 3. The third-order valence-corrected chi connectivity index (χ3v) is 6.07. The fourth-order valence-electron chi connectivity index (χ4n) is 3.83. The number of carbonyl (C=O) groups excluding carboxylic acids is 3. The molecule has 0 saturated heterocycles. The molecule has 3 aromatic rings. The van der Waals surface area contributed by atoms with Crippen molar-refractivity contribution in [2.75, 3.05) is 19.8 Å². The minimum Gasteiger partial charge on any atom is -0.494 e. The molecule has 0 bridgehead atoms. The molecular formula is C34H36O8. The van der Waals surface area contributed by atoms with Gasteiger partial charge in [-0.1, -0.05) is 37.4 Å². The molecule has 0 radical (unpaired) electrons. The molecule has 0 atom stereocenters. The lowest BCUT2D eigenvalue weighted by Crippen LogP contribution is -2.08. The number of rotatable bonds is 18. The molecule has 0 amide bonds. The molecule has 3 rings (SSSR count). The lowest BCUT2D eigenvalue weighted by molar-refractivity contribution is -0.138. The summed E-state index contributed by atoms with van der Waals surface area (Å²) in [5.74, 6) is 0.704. The van der Waals surface area contributed by atoms with E-state index in [2.05, 4.69) is 17.9 Å². The first kappa shape index (κ1) is 31.7. The van der Waals surface area contributed by atoms with E-state index in [0.717, 1.165) is 54.9 Å². The summed E-state index contributed by atoms with van der Waals surface area (Å²) >= 11 is 0. The molecule has 0 spiro atoms. The highest BCUT2D eigenvalue weighted by Gasteiger charge is 2.10. The summed E-state index contributed by atoms with van der Waals surface area (Å²) in [7, 11) is 0. The van der Waals surface area contributed by atoms with Gasteiger partial charge in [0.2, 0.25) is 0 Å². The molecule has 0 N–H and O–H groups in total. The maximum absolute atomic E-state index is 12.6. The molecular weight excluding hydrogens is 536 g/mol. The molecule has 0 aliphatic carbocycles. The summed E-state index contributed by atoms with van der Waals surface area (Å²) in [6.07, 6.45) is 6.50. The minimum absolute atomic E-state index is 0.281. The fourth-order valence-corrected chi connectivity index (χ4v) is 3.83. The Balaban J connectivity index is 1.37. The average Bonchev–Trinajstić information content (AvgIpc) is 3.01. The SMILES string of the molecule is C=COC(=O)CCCCCOc1ccc(C(=O)Oc2ccc(-c3ccc(OCCCCOC(=O)C=C)cc3)cc2)cc1. The van der Waals surface area contributed by atoms with Gasteiger partial charge < -0.3 is 23.7 Å². The number of ether oxygens (including phenoxy) is 5. The van der Waals surface area contributed by atoms with Crippen LogP contribution in [0.25, 0.3) is 11.1 Å². The van der Waals surface area contributed by atoms with Gasteiger partial charge in [0.1, 0.15) is 17.2 Å². The Bertz CT molecular complexity index is 1290. The summed E-state index contributed by atoms with van der Waals surface area (Å²) in [4.78, 5) is 34.9. The van der Waals surface area contributed by atoms with E-state index in [1.165, 1.54) is 0 Å². The number of unbranched alkanes of at least 4 members (excludes halogenated alkanes) is 3. The van der Waals surface area contributed by atoms with Gasteiger partial charge in [-0.15, -0.1) is 0 Å². The Morgan fingerprint density at radius 2 is 1.14 bits per heavy atom. The second kappa shape index (κ2) is 17.8. The average molecular weight is 573 g/mol. The predicted molar refractivity (Wildman–Crippen MR) is 159 cm³/mol. The van der Waals surface area contributed by atoms with Gasteiger partial charge in [0, 0.05) is 12.5 Å². The molecule has 42 heavy (non-hydrogen) atoms. The van der Waals surface area contributed by atoms with Crippen molar-refractivity contribution in [1.29, 1.82) is 0 Å². The Morgan fingerprint density at radius 3 is 1.71 bits per heavy atom. The van der Waals surface area contributed by atoms with Crippen molar-refractivity contribution >= 4 is 17.9 Å². The van der Waals surface area contributed by atoms with Crippen molar-refractivity contribution < 1.29 is 38.1 Å². The molecule has 0 aromatic heterocycles. The van der Waals surface area contributed by atoms with Crippen LogP contribution in [0.3, 0.4) is 0 Å². The summed E-state index contributed by atoms with van der Waals surface area (Å²) in [5.41, 5.74) is 2.39. The van der Waals surface area contributed by atoms with Crippen molar-refractivity contribution in [3.05, 3.63) is 104 Å². The highest BCUT2D eigenvalue weighted by molar-refractivity contribution is 5.91. The molecule has 220 valence electrons. The van der Waals surface area contributed by atoms with Crippen LogP contribution < -0.4 is 14.2 Å². The summed E-state index contributed by atoms with van der Waals surface area (Å²) < 4.78 is 26.6. The van der Waals surface area contributed by atoms with E-state index < -0.39 is 11.9 Å². The van der Waals surface area contributed by atoms with Crippen LogP contribution in [-0.4, -0.2) is 37.7 Å². The van der Waals surface area contributed by atoms with Crippen LogP contribution in [0.1, 0.15) is 48.9 Å². The van der Waals surface area contributed by atoms with Crippen molar-refractivity contribution in [3.63, 3.8) is 0 Å². The van der Waals surface area contributed by atoms with Crippen LogP contribution in [0.2, 0.25) is 0 Å². The van der Waals surface area contributed by atoms with E-state index in [9.17, 15) is 14.4 Å². The van der Waals surface area contributed by atoms with Gasteiger partial charge >= 0.3 is 17.9 Å². The molecule has 0 unspecified atom stereocenters. The molecule has 0 heterocycles. The van der Waals surface area contributed by atoms with Crippen molar-refractivity contribution in [2.24, 2.45) is 0 Å². The standard InChI is InChI=1S/C34H36O8/c1-3-32(35)41-25-9-8-24-40-29-17-11-26(12-18-29)27-13-21-31(22-14-27)42-34(37)28-15-19-30(20-16-28)39-23-7-5-6-10-33(36)38-4-2/h3-4,11-22H,1-2,5-10,23-25H2. The van der Waals surface area contributed by atoms with Gasteiger partial charge in [0.15, 0.2) is 0 Å². The highest BCUT2D eigenvalue weighted by Crippen LogP contribution is 2.25. The van der Waals surface area contributed by atoms with Gasteiger partial charge in [-0.3, -0.25) is 4.79 Å². The number of carbonyl (C=O) groups is 3. The molecule has 0 aliphatic heterocycles. The predicted octanol–water partition coefficient (Wildman–Crippen LogP) is 7.09. The quantitative estimate of drug-likeness (QED) is 0.0524. The maximum atomic E-state index is 12.6. The van der Waals surface area contributed by atoms with E-state index in [1.54, 1.807) is 36.4 Å². The number of hydrogen-bond acceptors (Lipinski definition) is 8.